The third kappa shape index (κ3) is 2.49. The summed E-state index contributed by atoms with van der Waals surface area (Å²) in [7, 11) is 0. The number of amides is 1. The van der Waals surface area contributed by atoms with Crippen LogP contribution in [-0.2, 0) is 0 Å². The van der Waals surface area contributed by atoms with Gasteiger partial charge in [-0.25, -0.2) is 0 Å². The summed E-state index contributed by atoms with van der Waals surface area (Å²) in [5.74, 6) is 3.37. The van der Waals surface area contributed by atoms with E-state index in [4.69, 9.17) is 0 Å². The highest BCUT2D eigenvalue weighted by Gasteiger charge is 2.51. The third-order valence-electron chi connectivity index (χ3n) is 6.73. The summed E-state index contributed by atoms with van der Waals surface area (Å²) < 4.78 is 0. The fraction of sp³-hybridized carbons (Fsp3) is 0.737. The number of nitrogens with zero attached hydrogens (tertiary/aromatic N) is 3. The molecule has 1 amide bonds. The predicted octanol–water partition coefficient (Wildman–Crippen LogP) is 2.78. The van der Waals surface area contributed by atoms with Crippen LogP contribution in [0.15, 0.2) is 12.1 Å². The molecule has 6 rings (SSSR count). The van der Waals surface area contributed by atoms with Crippen molar-refractivity contribution >= 4 is 11.7 Å². The van der Waals surface area contributed by atoms with E-state index in [1.165, 1.54) is 51.4 Å². The molecule has 0 spiro atoms. The van der Waals surface area contributed by atoms with Crippen LogP contribution in [0.5, 0.6) is 0 Å². The van der Waals surface area contributed by atoms with Gasteiger partial charge in [0.2, 0.25) is 0 Å². The van der Waals surface area contributed by atoms with E-state index in [0.29, 0.717) is 5.69 Å². The minimum Gasteiger partial charge on any atom is -0.355 e. The monoisotopic (exact) mass is 326 g/mol. The van der Waals surface area contributed by atoms with E-state index in [2.05, 4.69) is 20.4 Å². The van der Waals surface area contributed by atoms with E-state index in [1.807, 2.05) is 12.1 Å². The quantitative estimate of drug-likeness (QED) is 0.928. The van der Waals surface area contributed by atoms with Crippen molar-refractivity contribution in [3.63, 3.8) is 0 Å². The van der Waals surface area contributed by atoms with Gasteiger partial charge in [-0.15, -0.1) is 10.2 Å². The number of hydrogen-bond acceptors (Lipinski definition) is 4. The van der Waals surface area contributed by atoms with E-state index in [0.717, 1.165) is 36.7 Å². The number of carbonyl (C=O) groups excluding carboxylic acids is 1. The lowest BCUT2D eigenvalue weighted by atomic mass is 9.53. The Morgan fingerprint density at radius 2 is 1.62 bits per heavy atom. The first-order valence-corrected chi connectivity index (χ1v) is 9.60. The van der Waals surface area contributed by atoms with Crippen molar-refractivity contribution in [3.8, 4) is 0 Å². The minimum atomic E-state index is -0.0302. The van der Waals surface area contributed by atoms with Crippen LogP contribution in [0.2, 0.25) is 0 Å². The number of aromatic nitrogens is 2. The van der Waals surface area contributed by atoms with E-state index in [-0.39, 0.29) is 11.4 Å². The van der Waals surface area contributed by atoms with Gasteiger partial charge in [-0.3, -0.25) is 4.79 Å². The Kier molecular flexibility index (Phi) is 3.32. The van der Waals surface area contributed by atoms with Crippen LogP contribution in [0, 0.1) is 17.8 Å². The Morgan fingerprint density at radius 3 is 2.17 bits per heavy atom. The summed E-state index contributed by atoms with van der Waals surface area (Å²) in [6.07, 6.45) is 10.1. The third-order valence-corrected chi connectivity index (χ3v) is 6.73. The predicted molar refractivity (Wildman–Crippen MR) is 91.8 cm³/mol. The number of rotatable bonds is 3. The van der Waals surface area contributed by atoms with E-state index >= 15 is 0 Å². The van der Waals surface area contributed by atoms with Crippen molar-refractivity contribution < 1.29 is 4.79 Å². The molecule has 2 heterocycles. The summed E-state index contributed by atoms with van der Waals surface area (Å²) in [5, 5.41) is 11.9. The van der Waals surface area contributed by atoms with Crippen LogP contribution in [-0.4, -0.2) is 34.7 Å². The average Bonchev–Trinajstić information content (AvgIpc) is 3.07. The van der Waals surface area contributed by atoms with Crippen LogP contribution in [0.4, 0.5) is 5.82 Å². The van der Waals surface area contributed by atoms with Gasteiger partial charge >= 0.3 is 0 Å². The molecule has 0 radical (unpaired) electrons. The normalized spacial score (nSPS) is 37.0. The molecule has 1 aromatic rings. The fourth-order valence-electron chi connectivity index (χ4n) is 6.13. The molecule has 5 nitrogen and oxygen atoms in total. The summed E-state index contributed by atoms with van der Waals surface area (Å²) in [6.45, 7) is 2.10. The lowest BCUT2D eigenvalue weighted by molar-refractivity contribution is -0.0168. The van der Waals surface area contributed by atoms with Gasteiger partial charge in [0.25, 0.3) is 5.91 Å². The Labute approximate surface area is 143 Å². The van der Waals surface area contributed by atoms with Gasteiger partial charge in [0.1, 0.15) is 0 Å². The van der Waals surface area contributed by atoms with E-state index in [9.17, 15) is 4.79 Å². The second kappa shape index (κ2) is 5.43. The Morgan fingerprint density at radius 1 is 1.00 bits per heavy atom. The second-order valence-corrected chi connectivity index (χ2v) is 8.62. The fourth-order valence-corrected chi connectivity index (χ4v) is 6.13. The maximum absolute atomic E-state index is 12.7. The molecule has 1 aliphatic heterocycles. The first kappa shape index (κ1) is 14.7. The Bertz CT molecular complexity index is 600. The molecule has 0 unspecified atom stereocenters. The zero-order valence-electron chi connectivity index (χ0n) is 14.2. The summed E-state index contributed by atoms with van der Waals surface area (Å²) in [6, 6.07) is 3.80. The zero-order chi connectivity index (χ0) is 16.1. The molecule has 128 valence electrons. The Balaban J connectivity index is 1.30. The molecule has 5 fully saturated rings. The van der Waals surface area contributed by atoms with Gasteiger partial charge in [-0.1, -0.05) is 0 Å². The van der Waals surface area contributed by atoms with Gasteiger partial charge in [0, 0.05) is 18.6 Å². The summed E-state index contributed by atoms with van der Waals surface area (Å²) in [4.78, 5) is 15.0. The van der Waals surface area contributed by atoms with Crippen molar-refractivity contribution in [3.05, 3.63) is 17.8 Å². The molecule has 4 aliphatic carbocycles. The molecule has 1 aromatic heterocycles. The van der Waals surface area contributed by atoms with Crippen LogP contribution in [0.3, 0.4) is 0 Å². The number of anilines is 1. The lowest BCUT2D eigenvalue weighted by Crippen LogP contribution is -2.59. The average molecular weight is 326 g/mol. The molecule has 24 heavy (non-hydrogen) atoms. The maximum atomic E-state index is 12.7. The Hall–Kier alpha value is -1.65. The van der Waals surface area contributed by atoms with Gasteiger partial charge in [-0.2, -0.15) is 0 Å². The van der Waals surface area contributed by atoms with Crippen molar-refractivity contribution in [1.82, 2.24) is 15.5 Å². The molecular formula is C19H26N4O. The molecule has 0 atom stereocenters. The topological polar surface area (TPSA) is 58.1 Å². The molecule has 1 saturated heterocycles. The SMILES string of the molecule is O=C(NC12CC3CC(CC(C3)C1)C2)c1ccc(N2CCCC2)nn1. The van der Waals surface area contributed by atoms with Gasteiger partial charge in [0.05, 0.1) is 0 Å². The molecule has 5 aliphatic rings. The van der Waals surface area contributed by atoms with E-state index in [1.54, 1.807) is 0 Å². The van der Waals surface area contributed by atoms with Crippen molar-refractivity contribution in [2.75, 3.05) is 18.0 Å². The van der Waals surface area contributed by atoms with Gasteiger partial charge in [-0.05, 0) is 81.3 Å². The van der Waals surface area contributed by atoms with Gasteiger partial charge in [0.15, 0.2) is 11.5 Å². The molecule has 0 aromatic carbocycles. The van der Waals surface area contributed by atoms with Crippen molar-refractivity contribution in [2.45, 2.75) is 56.9 Å². The van der Waals surface area contributed by atoms with Gasteiger partial charge < -0.3 is 10.2 Å². The molecule has 5 heteroatoms. The first-order chi connectivity index (χ1) is 11.7. The number of carbonyl (C=O) groups is 1. The van der Waals surface area contributed by atoms with Crippen LogP contribution >= 0.6 is 0 Å². The maximum Gasteiger partial charge on any atom is 0.272 e. The highest BCUT2D eigenvalue weighted by molar-refractivity contribution is 5.92. The van der Waals surface area contributed by atoms with E-state index < -0.39 is 0 Å². The molecule has 1 N–H and O–H groups in total. The minimum absolute atomic E-state index is 0.0302. The van der Waals surface area contributed by atoms with Crippen LogP contribution in [0.1, 0.15) is 61.9 Å². The standard InChI is InChI=1S/C19H26N4O/c24-18(16-3-4-17(22-21-16)23-5-1-2-6-23)20-19-10-13-7-14(11-19)9-15(8-13)12-19/h3-4,13-15H,1-2,5-12H2,(H,20,24). The highest BCUT2D eigenvalue weighted by Crippen LogP contribution is 2.55. The van der Waals surface area contributed by atoms with Crippen molar-refractivity contribution in [2.24, 2.45) is 17.8 Å². The van der Waals surface area contributed by atoms with Crippen LogP contribution in [0.25, 0.3) is 0 Å². The summed E-state index contributed by atoms with van der Waals surface area (Å²) in [5.41, 5.74) is 0.509. The zero-order valence-corrected chi connectivity index (χ0v) is 14.2. The van der Waals surface area contributed by atoms with Crippen molar-refractivity contribution in [1.29, 1.82) is 0 Å². The largest absolute Gasteiger partial charge is 0.355 e. The van der Waals surface area contributed by atoms with Crippen LogP contribution < -0.4 is 10.2 Å². The molecular weight excluding hydrogens is 300 g/mol. The highest BCUT2D eigenvalue weighted by atomic mass is 16.2. The lowest BCUT2D eigenvalue weighted by Gasteiger charge is -2.56. The molecule has 4 bridgehead atoms. The second-order valence-electron chi connectivity index (χ2n) is 8.62. The smallest absolute Gasteiger partial charge is 0.272 e. The number of hydrogen-bond donors (Lipinski definition) is 1. The first-order valence-electron chi connectivity index (χ1n) is 9.60. The number of nitrogens with one attached hydrogen (secondary N) is 1. The molecule has 4 saturated carbocycles. The summed E-state index contributed by atoms with van der Waals surface area (Å²) >= 11 is 0.